The fraction of sp³-hybridized carbons (Fsp3) is 0.625. The number of piperidine rings is 1. The van der Waals surface area contributed by atoms with Crippen molar-refractivity contribution in [3.05, 3.63) is 23.8 Å². The van der Waals surface area contributed by atoms with Gasteiger partial charge < -0.3 is 14.6 Å². The summed E-state index contributed by atoms with van der Waals surface area (Å²) in [4.78, 5) is 1.81. The second kappa shape index (κ2) is 8.15. The quantitative estimate of drug-likeness (QED) is 0.739. The van der Waals surface area contributed by atoms with Gasteiger partial charge in [-0.15, -0.1) is 0 Å². The van der Waals surface area contributed by atoms with Crippen LogP contribution < -0.4 is 14.6 Å². The van der Waals surface area contributed by atoms with Gasteiger partial charge in [-0.05, 0) is 37.9 Å². The van der Waals surface area contributed by atoms with Gasteiger partial charge in [0.2, 0.25) is 10.0 Å². The van der Waals surface area contributed by atoms with Crippen molar-refractivity contribution >= 4 is 10.0 Å². The first-order valence-corrected chi connectivity index (χ1v) is 9.66. The van der Waals surface area contributed by atoms with Crippen molar-refractivity contribution in [2.75, 3.05) is 33.2 Å². The molecule has 7 nitrogen and oxygen atoms in total. The van der Waals surface area contributed by atoms with Crippen LogP contribution in [0.4, 0.5) is 0 Å². The summed E-state index contributed by atoms with van der Waals surface area (Å²) in [5.41, 5.74) is 0.899. The summed E-state index contributed by atoms with van der Waals surface area (Å²) >= 11 is 0. The lowest BCUT2D eigenvalue weighted by Crippen LogP contribution is -2.42. The first-order valence-electron chi connectivity index (χ1n) is 7.94. The fourth-order valence-corrected chi connectivity index (χ4v) is 3.99. The standard InChI is InChI=1S/C16H26N2O5S/c1-22-15-5-3-4-13(16(15)23-2)10-14(19)12-6-8-18(9-7-12)11-24(17,20)21/h3-5,12,14,19H,6-11H2,1-2H3,(H2,17,20,21). The van der Waals surface area contributed by atoms with E-state index in [1.165, 1.54) is 0 Å². The largest absolute Gasteiger partial charge is 0.493 e. The normalized spacial score (nSPS) is 18.3. The van der Waals surface area contributed by atoms with E-state index in [1.807, 2.05) is 23.1 Å². The number of aliphatic hydroxyl groups is 1. The number of aliphatic hydroxyl groups excluding tert-OH is 1. The van der Waals surface area contributed by atoms with Gasteiger partial charge >= 0.3 is 0 Å². The minimum atomic E-state index is -3.49. The molecule has 1 fully saturated rings. The molecular formula is C16H26N2O5S. The Kier molecular flexibility index (Phi) is 6.45. The molecule has 8 heteroatoms. The molecule has 1 unspecified atom stereocenters. The monoisotopic (exact) mass is 358 g/mol. The molecule has 2 rings (SSSR count). The zero-order valence-electron chi connectivity index (χ0n) is 14.1. The number of nitrogens with zero attached hydrogens (tertiary/aromatic N) is 1. The van der Waals surface area contributed by atoms with Crippen LogP contribution in [0.1, 0.15) is 18.4 Å². The Hall–Kier alpha value is -1.35. The van der Waals surface area contributed by atoms with Gasteiger partial charge in [-0.2, -0.15) is 0 Å². The van der Waals surface area contributed by atoms with E-state index in [2.05, 4.69) is 0 Å². The molecule has 1 aliphatic heterocycles. The summed E-state index contributed by atoms with van der Waals surface area (Å²) in [6.45, 7) is 1.24. The van der Waals surface area contributed by atoms with E-state index in [0.29, 0.717) is 31.0 Å². The molecule has 0 bridgehead atoms. The molecule has 3 N–H and O–H groups in total. The van der Waals surface area contributed by atoms with E-state index < -0.39 is 16.1 Å². The predicted octanol–water partition coefficient (Wildman–Crippen LogP) is 0.565. The zero-order chi connectivity index (χ0) is 17.7. The van der Waals surface area contributed by atoms with Crippen molar-refractivity contribution in [3.8, 4) is 11.5 Å². The predicted molar refractivity (Wildman–Crippen MR) is 91.5 cm³/mol. The van der Waals surface area contributed by atoms with Crippen molar-refractivity contribution in [2.45, 2.75) is 25.4 Å². The number of benzene rings is 1. The minimum absolute atomic E-state index is 0.123. The van der Waals surface area contributed by atoms with Crippen molar-refractivity contribution in [1.29, 1.82) is 0 Å². The third kappa shape index (κ3) is 5.07. The summed E-state index contributed by atoms with van der Waals surface area (Å²) in [6.07, 6.45) is 1.44. The number of likely N-dealkylation sites (tertiary alicyclic amines) is 1. The van der Waals surface area contributed by atoms with Crippen LogP contribution in [0.15, 0.2) is 18.2 Å². The lowest BCUT2D eigenvalue weighted by atomic mass is 9.88. The van der Waals surface area contributed by atoms with Crippen LogP contribution in [0.3, 0.4) is 0 Å². The first-order chi connectivity index (χ1) is 11.3. The summed E-state index contributed by atoms with van der Waals surface area (Å²) in [7, 11) is -0.328. The van der Waals surface area contributed by atoms with Gasteiger partial charge in [-0.25, -0.2) is 13.6 Å². The third-order valence-corrected chi connectivity index (χ3v) is 5.18. The molecule has 1 saturated heterocycles. The number of ether oxygens (including phenoxy) is 2. The Labute approximate surface area is 143 Å². The summed E-state index contributed by atoms with van der Waals surface area (Å²) in [5, 5.41) is 15.6. The third-order valence-electron chi connectivity index (χ3n) is 4.45. The van der Waals surface area contributed by atoms with E-state index >= 15 is 0 Å². The van der Waals surface area contributed by atoms with Gasteiger partial charge in [0.15, 0.2) is 11.5 Å². The van der Waals surface area contributed by atoms with Crippen LogP contribution >= 0.6 is 0 Å². The average Bonchev–Trinajstić information content (AvgIpc) is 2.53. The Morgan fingerprint density at radius 3 is 2.50 bits per heavy atom. The Balaban J connectivity index is 1.96. The number of para-hydroxylation sites is 1. The molecule has 24 heavy (non-hydrogen) atoms. The molecular weight excluding hydrogens is 332 g/mol. The van der Waals surface area contributed by atoms with Gasteiger partial charge in [-0.1, -0.05) is 12.1 Å². The number of primary sulfonamides is 1. The number of sulfonamides is 1. The van der Waals surface area contributed by atoms with Crippen LogP contribution in [-0.4, -0.2) is 57.7 Å². The summed E-state index contributed by atoms with van der Waals surface area (Å²) < 4.78 is 33.0. The summed E-state index contributed by atoms with van der Waals surface area (Å²) in [6, 6.07) is 5.61. The second-order valence-corrected chi connectivity index (χ2v) is 7.76. The number of nitrogens with two attached hydrogens (primary N) is 1. The molecule has 0 aliphatic carbocycles. The van der Waals surface area contributed by atoms with E-state index in [1.54, 1.807) is 14.2 Å². The molecule has 1 aromatic carbocycles. The van der Waals surface area contributed by atoms with Crippen LogP contribution in [0.5, 0.6) is 11.5 Å². The number of rotatable bonds is 7. The SMILES string of the molecule is COc1cccc(CC(O)C2CCN(CS(N)(=O)=O)CC2)c1OC. The smallest absolute Gasteiger partial charge is 0.222 e. The second-order valence-electron chi connectivity index (χ2n) is 6.17. The molecule has 0 spiro atoms. The minimum Gasteiger partial charge on any atom is -0.493 e. The van der Waals surface area contributed by atoms with Crippen LogP contribution in [0.25, 0.3) is 0 Å². The Bertz CT molecular complexity index is 642. The molecule has 0 amide bonds. The topological polar surface area (TPSA) is 102 Å². The van der Waals surface area contributed by atoms with E-state index in [-0.39, 0.29) is 11.8 Å². The number of methoxy groups -OCH3 is 2. The van der Waals surface area contributed by atoms with Crippen LogP contribution in [-0.2, 0) is 16.4 Å². The molecule has 0 radical (unpaired) electrons. The van der Waals surface area contributed by atoms with Gasteiger partial charge in [0.25, 0.3) is 0 Å². The van der Waals surface area contributed by atoms with E-state index in [4.69, 9.17) is 14.6 Å². The van der Waals surface area contributed by atoms with E-state index in [0.717, 1.165) is 18.4 Å². The highest BCUT2D eigenvalue weighted by Crippen LogP contribution is 2.33. The zero-order valence-corrected chi connectivity index (χ0v) is 15.0. The van der Waals surface area contributed by atoms with E-state index in [9.17, 15) is 13.5 Å². The Morgan fingerprint density at radius 2 is 1.96 bits per heavy atom. The Morgan fingerprint density at radius 1 is 1.29 bits per heavy atom. The maximum Gasteiger partial charge on any atom is 0.222 e. The number of hydrogen-bond acceptors (Lipinski definition) is 6. The highest BCUT2D eigenvalue weighted by Gasteiger charge is 2.27. The van der Waals surface area contributed by atoms with Crippen molar-refractivity contribution in [2.24, 2.45) is 11.1 Å². The van der Waals surface area contributed by atoms with Gasteiger partial charge in [0.1, 0.15) is 5.88 Å². The van der Waals surface area contributed by atoms with Crippen LogP contribution in [0, 0.1) is 5.92 Å². The maximum atomic E-state index is 11.1. The van der Waals surface area contributed by atoms with Gasteiger partial charge in [0, 0.05) is 12.0 Å². The first kappa shape index (κ1) is 19.0. The lowest BCUT2D eigenvalue weighted by Gasteiger charge is -2.33. The summed E-state index contributed by atoms with van der Waals surface area (Å²) in [5.74, 6) is 1.29. The molecule has 1 aromatic rings. The number of hydrogen-bond donors (Lipinski definition) is 2. The van der Waals surface area contributed by atoms with Crippen molar-refractivity contribution in [1.82, 2.24) is 4.90 Å². The fourth-order valence-electron chi connectivity index (χ4n) is 3.23. The molecule has 1 atom stereocenters. The maximum absolute atomic E-state index is 11.1. The van der Waals surface area contributed by atoms with Crippen LogP contribution in [0.2, 0.25) is 0 Å². The molecule has 1 aliphatic rings. The van der Waals surface area contributed by atoms with Crippen molar-refractivity contribution < 1.29 is 23.0 Å². The lowest BCUT2D eigenvalue weighted by molar-refractivity contribution is 0.0640. The van der Waals surface area contributed by atoms with Gasteiger partial charge in [-0.3, -0.25) is 4.90 Å². The molecule has 0 aromatic heterocycles. The molecule has 136 valence electrons. The molecule has 1 heterocycles. The highest BCUT2D eigenvalue weighted by molar-refractivity contribution is 7.89. The molecule has 0 saturated carbocycles. The van der Waals surface area contributed by atoms with Crippen molar-refractivity contribution in [3.63, 3.8) is 0 Å². The average molecular weight is 358 g/mol. The van der Waals surface area contributed by atoms with Gasteiger partial charge in [0.05, 0.1) is 20.3 Å². The highest BCUT2D eigenvalue weighted by atomic mass is 32.2.